The number of rotatable bonds is 3. The molecule has 0 atom stereocenters. The topological polar surface area (TPSA) is 51.1 Å². The summed E-state index contributed by atoms with van der Waals surface area (Å²) in [7, 11) is 1.68. The van der Waals surface area contributed by atoms with Gasteiger partial charge in [-0.2, -0.15) is 0 Å². The molecule has 0 unspecified atom stereocenters. The number of ketones is 1. The normalized spacial score (nSPS) is 8.80. The van der Waals surface area contributed by atoms with Gasteiger partial charge in [-0.25, -0.2) is 0 Å². The molecule has 0 radical (unpaired) electrons. The number of anilines is 1. The fourth-order valence-corrected chi connectivity index (χ4v) is 1.09. The highest BCUT2D eigenvalue weighted by Gasteiger charge is 2.01. The van der Waals surface area contributed by atoms with E-state index < -0.39 is 0 Å². The summed E-state index contributed by atoms with van der Waals surface area (Å²) in [6.45, 7) is 5.59. The first-order valence-electron chi connectivity index (χ1n) is 5.02. The molecule has 1 heterocycles. The molecule has 0 aliphatic heterocycles. The third kappa shape index (κ3) is 3.97. The van der Waals surface area contributed by atoms with Crippen molar-refractivity contribution in [2.24, 2.45) is 0 Å². The van der Waals surface area contributed by atoms with Crippen molar-refractivity contribution >= 4 is 11.5 Å². The SMILES string of the molecule is CC.CNc1cccn(CC(C)=O)c1=O. The Labute approximate surface area is 89.9 Å². The fourth-order valence-electron chi connectivity index (χ4n) is 1.09. The van der Waals surface area contributed by atoms with Crippen molar-refractivity contribution in [2.75, 3.05) is 12.4 Å². The second-order valence-corrected chi connectivity index (χ2v) is 2.81. The number of Topliss-reactive ketones (excluding diaryl/α,β-unsaturated/α-hetero) is 1. The molecule has 1 aromatic rings. The standard InChI is InChI=1S/C9H12N2O2.C2H6/c1-7(12)6-11-5-3-4-8(10-2)9(11)13;1-2/h3-5,10H,6H2,1-2H3;1-2H3. The molecule has 0 aliphatic rings. The highest BCUT2D eigenvalue weighted by molar-refractivity contribution is 5.75. The smallest absolute Gasteiger partial charge is 0.274 e. The van der Waals surface area contributed by atoms with E-state index in [0.717, 1.165) is 0 Å². The summed E-state index contributed by atoms with van der Waals surface area (Å²) in [5.41, 5.74) is 0.337. The predicted octanol–water partition coefficient (Wildman–Crippen LogP) is 1.51. The average molecular weight is 210 g/mol. The van der Waals surface area contributed by atoms with Gasteiger partial charge in [0, 0.05) is 13.2 Å². The van der Waals surface area contributed by atoms with Crippen molar-refractivity contribution in [1.29, 1.82) is 0 Å². The zero-order chi connectivity index (χ0) is 11.8. The minimum absolute atomic E-state index is 0.0321. The molecule has 0 saturated carbocycles. The van der Waals surface area contributed by atoms with Gasteiger partial charge in [0.25, 0.3) is 5.56 Å². The monoisotopic (exact) mass is 210 g/mol. The van der Waals surface area contributed by atoms with Crippen LogP contribution in [-0.2, 0) is 11.3 Å². The van der Waals surface area contributed by atoms with Gasteiger partial charge in [-0.15, -0.1) is 0 Å². The van der Waals surface area contributed by atoms with Crippen LogP contribution in [0.2, 0.25) is 0 Å². The Hall–Kier alpha value is -1.58. The van der Waals surface area contributed by atoms with Crippen LogP contribution in [0.5, 0.6) is 0 Å². The van der Waals surface area contributed by atoms with E-state index >= 15 is 0 Å². The lowest BCUT2D eigenvalue weighted by Crippen LogP contribution is -2.24. The fraction of sp³-hybridized carbons (Fsp3) is 0.455. The van der Waals surface area contributed by atoms with Crippen LogP contribution in [-0.4, -0.2) is 17.4 Å². The van der Waals surface area contributed by atoms with Crippen molar-refractivity contribution in [3.05, 3.63) is 28.7 Å². The van der Waals surface area contributed by atoms with Crippen molar-refractivity contribution in [1.82, 2.24) is 4.57 Å². The number of nitrogens with one attached hydrogen (secondary N) is 1. The number of aromatic nitrogens is 1. The maximum absolute atomic E-state index is 11.5. The van der Waals surface area contributed by atoms with Gasteiger partial charge in [0.15, 0.2) is 0 Å². The summed E-state index contributed by atoms with van der Waals surface area (Å²) in [4.78, 5) is 22.3. The van der Waals surface area contributed by atoms with Crippen molar-refractivity contribution in [3.63, 3.8) is 0 Å². The molecule has 4 heteroatoms. The Morgan fingerprint density at radius 1 is 1.47 bits per heavy atom. The van der Waals surface area contributed by atoms with Gasteiger partial charge in [-0.3, -0.25) is 9.59 Å². The van der Waals surface area contributed by atoms with E-state index in [1.807, 2.05) is 13.8 Å². The molecule has 1 aromatic heterocycles. The summed E-state index contributed by atoms with van der Waals surface area (Å²) < 4.78 is 1.38. The second kappa shape index (κ2) is 6.81. The second-order valence-electron chi connectivity index (χ2n) is 2.81. The predicted molar refractivity (Wildman–Crippen MR) is 62.3 cm³/mol. The third-order valence-electron chi connectivity index (χ3n) is 1.68. The average Bonchev–Trinajstić information content (AvgIpc) is 2.23. The van der Waals surface area contributed by atoms with Gasteiger partial charge in [-0.05, 0) is 19.1 Å². The Kier molecular flexibility index (Phi) is 6.09. The highest BCUT2D eigenvalue weighted by atomic mass is 16.1. The van der Waals surface area contributed by atoms with Crippen LogP contribution in [0.15, 0.2) is 23.1 Å². The Balaban J connectivity index is 0.000000921. The summed E-state index contributed by atoms with van der Waals surface area (Å²) in [5.74, 6) is -0.0321. The summed E-state index contributed by atoms with van der Waals surface area (Å²) in [6, 6.07) is 3.41. The zero-order valence-corrected chi connectivity index (χ0v) is 9.70. The van der Waals surface area contributed by atoms with Gasteiger partial charge < -0.3 is 9.88 Å². The van der Waals surface area contributed by atoms with Crippen LogP contribution < -0.4 is 10.9 Å². The number of hydrogen-bond donors (Lipinski definition) is 1. The van der Waals surface area contributed by atoms with Crippen LogP contribution in [0.4, 0.5) is 5.69 Å². The Morgan fingerprint density at radius 2 is 2.07 bits per heavy atom. The first kappa shape index (κ1) is 13.4. The van der Waals surface area contributed by atoms with E-state index in [4.69, 9.17) is 0 Å². The first-order chi connectivity index (χ1) is 7.15. The zero-order valence-electron chi connectivity index (χ0n) is 9.70. The molecule has 0 bridgehead atoms. The molecule has 4 nitrogen and oxygen atoms in total. The lowest BCUT2D eigenvalue weighted by Gasteiger charge is -2.04. The minimum Gasteiger partial charge on any atom is -0.384 e. The van der Waals surface area contributed by atoms with Crippen LogP contribution in [0.1, 0.15) is 20.8 Å². The summed E-state index contributed by atoms with van der Waals surface area (Å²) in [5, 5.41) is 2.76. The third-order valence-corrected chi connectivity index (χ3v) is 1.68. The molecule has 0 saturated heterocycles. The Bertz CT molecular complexity index is 369. The minimum atomic E-state index is -0.166. The summed E-state index contributed by atoms with van der Waals surface area (Å²) >= 11 is 0. The van der Waals surface area contributed by atoms with Crippen molar-refractivity contribution in [3.8, 4) is 0 Å². The highest BCUT2D eigenvalue weighted by Crippen LogP contribution is 1.96. The molecule has 1 N–H and O–H groups in total. The quantitative estimate of drug-likeness (QED) is 0.822. The van der Waals surface area contributed by atoms with E-state index in [2.05, 4.69) is 5.32 Å². The van der Waals surface area contributed by atoms with Crippen LogP contribution in [0, 0.1) is 0 Å². The molecule has 84 valence electrons. The van der Waals surface area contributed by atoms with E-state index in [1.54, 1.807) is 25.4 Å². The van der Waals surface area contributed by atoms with Gasteiger partial charge >= 0.3 is 0 Å². The van der Waals surface area contributed by atoms with E-state index in [1.165, 1.54) is 11.5 Å². The van der Waals surface area contributed by atoms with Crippen molar-refractivity contribution in [2.45, 2.75) is 27.3 Å². The molecule has 0 aromatic carbocycles. The number of pyridine rings is 1. The molecular formula is C11H18N2O2. The van der Waals surface area contributed by atoms with Gasteiger partial charge in [0.2, 0.25) is 0 Å². The number of nitrogens with zero attached hydrogens (tertiary/aromatic N) is 1. The van der Waals surface area contributed by atoms with Crippen LogP contribution in [0.3, 0.4) is 0 Å². The number of hydrogen-bond acceptors (Lipinski definition) is 3. The molecule has 1 rings (SSSR count). The Morgan fingerprint density at radius 3 is 2.53 bits per heavy atom. The largest absolute Gasteiger partial charge is 0.384 e. The van der Waals surface area contributed by atoms with Crippen molar-refractivity contribution < 1.29 is 4.79 Å². The molecule has 0 fully saturated rings. The van der Waals surface area contributed by atoms with Gasteiger partial charge in [0.05, 0.1) is 6.54 Å². The maximum atomic E-state index is 11.5. The lowest BCUT2D eigenvalue weighted by atomic mass is 10.3. The molecule has 0 spiro atoms. The van der Waals surface area contributed by atoms with E-state index in [-0.39, 0.29) is 17.9 Å². The maximum Gasteiger partial charge on any atom is 0.274 e. The molecular weight excluding hydrogens is 192 g/mol. The molecule has 0 amide bonds. The van der Waals surface area contributed by atoms with E-state index in [9.17, 15) is 9.59 Å². The molecule has 15 heavy (non-hydrogen) atoms. The molecule has 0 aliphatic carbocycles. The first-order valence-corrected chi connectivity index (χ1v) is 5.02. The van der Waals surface area contributed by atoms with Crippen LogP contribution in [0.25, 0.3) is 0 Å². The van der Waals surface area contributed by atoms with Crippen LogP contribution >= 0.6 is 0 Å². The summed E-state index contributed by atoms with van der Waals surface area (Å²) in [6.07, 6.45) is 1.60. The number of carbonyl (C=O) groups excluding carboxylic acids is 1. The van der Waals surface area contributed by atoms with Gasteiger partial charge in [-0.1, -0.05) is 13.8 Å². The lowest BCUT2D eigenvalue weighted by molar-refractivity contribution is -0.117. The van der Waals surface area contributed by atoms with Gasteiger partial charge in [0.1, 0.15) is 11.5 Å². The number of carbonyl (C=O) groups is 1. The van der Waals surface area contributed by atoms with E-state index in [0.29, 0.717) is 5.69 Å².